The zero-order chi connectivity index (χ0) is 13.1. The summed E-state index contributed by atoms with van der Waals surface area (Å²) >= 11 is 11.8. The standard InChI is InChI=1S/C12H8Cl2N2O2/c13-9-3-8(4-10(14)5-9)7-1-2-11(15-6-7)16-12(17)18/h1-6H,(H,15,16)(H,17,18). The maximum Gasteiger partial charge on any atom is 0.410 e. The number of carbonyl (C=O) groups is 1. The highest BCUT2D eigenvalue weighted by atomic mass is 35.5. The first-order valence-electron chi connectivity index (χ1n) is 4.97. The largest absolute Gasteiger partial charge is 0.465 e. The fourth-order valence-electron chi connectivity index (χ4n) is 1.47. The summed E-state index contributed by atoms with van der Waals surface area (Å²) in [5.74, 6) is 0.263. The molecule has 0 aliphatic rings. The molecule has 1 heterocycles. The molecule has 0 unspecified atom stereocenters. The average Bonchev–Trinajstić information content (AvgIpc) is 2.27. The van der Waals surface area contributed by atoms with Gasteiger partial charge in [-0.1, -0.05) is 23.2 Å². The van der Waals surface area contributed by atoms with Crippen LogP contribution in [0.15, 0.2) is 36.5 Å². The van der Waals surface area contributed by atoms with Crippen LogP contribution in [0, 0.1) is 0 Å². The number of nitrogens with one attached hydrogen (secondary N) is 1. The first-order valence-corrected chi connectivity index (χ1v) is 5.72. The minimum Gasteiger partial charge on any atom is -0.465 e. The molecule has 0 saturated heterocycles. The van der Waals surface area contributed by atoms with Gasteiger partial charge in [0.2, 0.25) is 0 Å². The van der Waals surface area contributed by atoms with Crippen molar-refractivity contribution in [3.63, 3.8) is 0 Å². The molecule has 0 aliphatic heterocycles. The summed E-state index contributed by atoms with van der Waals surface area (Å²) in [4.78, 5) is 14.4. The number of hydrogen-bond donors (Lipinski definition) is 2. The minimum atomic E-state index is -1.15. The summed E-state index contributed by atoms with van der Waals surface area (Å²) in [6.45, 7) is 0. The van der Waals surface area contributed by atoms with Crippen LogP contribution in [0.2, 0.25) is 10.0 Å². The highest BCUT2D eigenvalue weighted by Crippen LogP contribution is 2.27. The van der Waals surface area contributed by atoms with Crippen LogP contribution in [0.1, 0.15) is 0 Å². The van der Waals surface area contributed by atoms with Crippen molar-refractivity contribution in [1.82, 2.24) is 4.98 Å². The molecule has 0 saturated carbocycles. The van der Waals surface area contributed by atoms with Crippen molar-refractivity contribution in [3.05, 3.63) is 46.6 Å². The van der Waals surface area contributed by atoms with E-state index in [9.17, 15) is 4.79 Å². The molecular formula is C12H8Cl2N2O2. The van der Waals surface area contributed by atoms with E-state index in [1.807, 2.05) is 0 Å². The third-order valence-corrected chi connectivity index (χ3v) is 2.63. The van der Waals surface area contributed by atoms with Crippen LogP contribution in [-0.2, 0) is 0 Å². The Balaban J connectivity index is 2.31. The second-order valence-corrected chi connectivity index (χ2v) is 4.39. The highest BCUT2D eigenvalue weighted by molar-refractivity contribution is 6.35. The molecule has 0 bridgehead atoms. The predicted molar refractivity (Wildman–Crippen MR) is 71.3 cm³/mol. The molecule has 0 radical (unpaired) electrons. The molecule has 18 heavy (non-hydrogen) atoms. The van der Waals surface area contributed by atoms with Crippen molar-refractivity contribution in [1.29, 1.82) is 0 Å². The maximum atomic E-state index is 10.4. The van der Waals surface area contributed by atoms with Gasteiger partial charge in [-0.15, -0.1) is 0 Å². The van der Waals surface area contributed by atoms with Crippen LogP contribution < -0.4 is 5.32 Å². The second kappa shape index (κ2) is 5.25. The zero-order valence-corrected chi connectivity index (χ0v) is 10.5. The number of aromatic nitrogens is 1. The molecule has 0 atom stereocenters. The Bertz CT molecular complexity index is 565. The van der Waals surface area contributed by atoms with Crippen molar-refractivity contribution in [2.24, 2.45) is 0 Å². The van der Waals surface area contributed by atoms with Gasteiger partial charge in [0, 0.05) is 21.8 Å². The van der Waals surface area contributed by atoms with E-state index in [1.54, 1.807) is 36.5 Å². The fraction of sp³-hybridized carbons (Fsp3) is 0. The van der Waals surface area contributed by atoms with E-state index in [4.69, 9.17) is 28.3 Å². The van der Waals surface area contributed by atoms with Gasteiger partial charge in [-0.3, -0.25) is 5.32 Å². The van der Waals surface area contributed by atoms with Gasteiger partial charge in [0.1, 0.15) is 5.82 Å². The average molecular weight is 283 g/mol. The highest BCUT2D eigenvalue weighted by Gasteiger charge is 2.03. The molecular weight excluding hydrogens is 275 g/mol. The van der Waals surface area contributed by atoms with Crippen LogP contribution >= 0.6 is 23.2 Å². The second-order valence-electron chi connectivity index (χ2n) is 3.52. The third-order valence-electron chi connectivity index (χ3n) is 2.19. The first kappa shape index (κ1) is 12.7. The lowest BCUT2D eigenvalue weighted by Crippen LogP contribution is -2.08. The predicted octanol–water partition coefficient (Wildman–Crippen LogP) is 4.15. The number of pyridine rings is 1. The summed E-state index contributed by atoms with van der Waals surface area (Å²) < 4.78 is 0. The zero-order valence-electron chi connectivity index (χ0n) is 9.02. The van der Waals surface area contributed by atoms with Crippen molar-refractivity contribution < 1.29 is 9.90 Å². The van der Waals surface area contributed by atoms with E-state index in [0.29, 0.717) is 10.0 Å². The lowest BCUT2D eigenvalue weighted by Gasteiger charge is -2.04. The van der Waals surface area contributed by atoms with Crippen molar-refractivity contribution in [2.75, 3.05) is 5.32 Å². The molecule has 1 aromatic carbocycles. The van der Waals surface area contributed by atoms with Gasteiger partial charge in [-0.25, -0.2) is 9.78 Å². The third kappa shape index (κ3) is 3.12. The SMILES string of the molecule is O=C(O)Nc1ccc(-c2cc(Cl)cc(Cl)c2)cn1. The van der Waals surface area contributed by atoms with Crippen LogP contribution in [-0.4, -0.2) is 16.2 Å². The fourth-order valence-corrected chi connectivity index (χ4v) is 1.99. The van der Waals surface area contributed by atoms with Crippen molar-refractivity contribution in [3.8, 4) is 11.1 Å². The summed E-state index contributed by atoms with van der Waals surface area (Å²) in [5, 5.41) is 11.8. The van der Waals surface area contributed by atoms with Gasteiger partial charge >= 0.3 is 6.09 Å². The van der Waals surface area contributed by atoms with E-state index < -0.39 is 6.09 Å². The van der Waals surface area contributed by atoms with Gasteiger partial charge in [-0.05, 0) is 35.9 Å². The van der Waals surface area contributed by atoms with Crippen LogP contribution in [0.4, 0.5) is 10.6 Å². The number of hydrogen-bond acceptors (Lipinski definition) is 2. The molecule has 2 N–H and O–H groups in total. The smallest absolute Gasteiger partial charge is 0.410 e. The normalized spacial score (nSPS) is 10.1. The summed E-state index contributed by atoms with van der Waals surface area (Å²) in [7, 11) is 0. The quantitative estimate of drug-likeness (QED) is 0.870. The molecule has 6 heteroatoms. The monoisotopic (exact) mass is 282 g/mol. The lowest BCUT2D eigenvalue weighted by molar-refractivity contribution is 0.209. The Morgan fingerprint density at radius 2 is 1.78 bits per heavy atom. The van der Waals surface area contributed by atoms with Crippen LogP contribution in [0.25, 0.3) is 11.1 Å². The Hall–Kier alpha value is -1.78. The maximum absolute atomic E-state index is 10.4. The molecule has 1 amide bonds. The summed E-state index contributed by atoms with van der Waals surface area (Å²) in [6, 6.07) is 8.46. The van der Waals surface area contributed by atoms with Gasteiger partial charge in [0.05, 0.1) is 0 Å². The molecule has 92 valence electrons. The van der Waals surface area contributed by atoms with Crippen molar-refractivity contribution in [2.45, 2.75) is 0 Å². The van der Waals surface area contributed by atoms with Gasteiger partial charge < -0.3 is 5.11 Å². The summed E-state index contributed by atoms with van der Waals surface area (Å²) in [5.41, 5.74) is 1.62. The number of benzene rings is 1. The Morgan fingerprint density at radius 1 is 1.11 bits per heavy atom. The first-order chi connectivity index (χ1) is 8.54. The molecule has 2 rings (SSSR count). The molecule has 0 fully saturated rings. The molecule has 2 aromatic rings. The topological polar surface area (TPSA) is 62.2 Å². The van der Waals surface area contributed by atoms with Gasteiger partial charge in [0.25, 0.3) is 0 Å². The molecule has 0 spiro atoms. The van der Waals surface area contributed by atoms with E-state index >= 15 is 0 Å². The van der Waals surface area contributed by atoms with E-state index in [2.05, 4.69) is 10.3 Å². The number of halogens is 2. The Kier molecular flexibility index (Phi) is 3.69. The lowest BCUT2D eigenvalue weighted by atomic mass is 10.1. The minimum absolute atomic E-state index is 0.263. The number of nitrogens with zero attached hydrogens (tertiary/aromatic N) is 1. The van der Waals surface area contributed by atoms with Gasteiger partial charge in [0.15, 0.2) is 0 Å². The van der Waals surface area contributed by atoms with E-state index in [1.165, 1.54) is 0 Å². The molecule has 1 aromatic heterocycles. The number of rotatable bonds is 2. The Labute approximate surface area is 113 Å². The molecule has 4 nitrogen and oxygen atoms in total. The van der Waals surface area contributed by atoms with Crippen LogP contribution in [0.5, 0.6) is 0 Å². The number of carboxylic acid groups (broad SMARTS) is 1. The van der Waals surface area contributed by atoms with Crippen LogP contribution in [0.3, 0.4) is 0 Å². The van der Waals surface area contributed by atoms with E-state index in [-0.39, 0.29) is 5.82 Å². The number of amides is 1. The van der Waals surface area contributed by atoms with E-state index in [0.717, 1.165) is 11.1 Å². The van der Waals surface area contributed by atoms with Crippen molar-refractivity contribution >= 4 is 35.1 Å². The molecule has 0 aliphatic carbocycles. The number of anilines is 1. The van der Waals surface area contributed by atoms with Gasteiger partial charge in [-0.2, -0.15) is 0 Å². The summed E-state index contributed by atoms with van der Waals surface area (Å²) in [6.07, 6.45) is 0.397. The Morgan fingerprint density at radius 3 is 2.28 bits per heavy atom.